The second kappa shape index (κ2) is 8.34. The molecular formula is C15H22N2O. The minimum atomic E-state index is -0.192. The van der Waals surface area contributed by atoms with E-state index in [9.17, 15) is 4.79 Å². The Morgan fingerprint density at radius 2 is 1.78 bits per heavy atom. The highest BCUT2D eigenvalue weighted by molar-refractivity contribution is 6.02. The van der Waals surface area contributed by atoms with Crippen molar-refractivity contribution in [3.8, 4) is 0 Å². The van der Waals surface area contributed by atoms with E-state index >= 15 is 0 Å². The fraction of sp³-hybridized carbons (Fsp3) is 0.400. The Hall–Kier alpha value is -1.77. The van der Waals surface area contributed by atoms with Crippen LogP contribution < -0.4 is 0 Å². The van der Waals surface area contributed by atoms with Gasteiger partial charge in [0.2, 0.25) is 0 Å². The Bertz CT molecular complexity index is 429. The van der Waals surface area contributed by atoms with Gasteiger partial charge in [-0.05, 0) is 40.2 Å². The minimum absolute atomic E-state index is 0.192. The quantitative estimate of drug-likeness (QED) is 0.412. The zero-order chi connectivity index (χ0) is 14.1. The highest BCUT2D eigenvalue weighted by atomic mass is 16.1. The topological polar surface area (TPSA) is 41.8 Å². The first kappa shape index (κ1) is 16.2. The van der Waals surface area contributed by atoms with Crippen LogP contribution in [0.15, 0.2) is 46.1 Å². The molecule has 3 nitrogen and oxygen atoms in total. The van der Waals surface area contributed by atoms with Gasteiger partial charge >= 0.3 is 0 Å². The molecule has 18 heavy (non-hydrogen) atoms. The van der Waals surface area contributed by atoms with Gasteiger partial charge in [-0.1, -0.05) is 18.7 Å². The molecule has 0 N–H and O–H groups in total. The van der Waals surface area contributed by atoms with Crippen LogP contribution in [0.1, 0.15) is 41.0 Å². The molecule has 0 fully saturated rings. The van der Waals surface area contributed by atoms with E-state index in [1.54, 1.807) is 32.2 Å². The summed E-state index contributed by atoms with van der Waals surface area (Å²) in [6, 6.07) is 0. The summed E-state index contributed by atoms with van der Waals surface area (Å²) in [6.07, 6.45) is 5.74. The van der Waals surface area contributed by atoms with E-state index < -0.39 is 0 Å². The predicted molar refractivity (Wildman–Crippen MR) is 79.2 cm³/mol. The number of amides is 1. The Morgan fingerprint density at radius 3 is 2.17 bits per heavy atom. The van der Waals surface area contributed by atoms with Gasteiger partial charge in [0.25, 0.3) is 5.91 Å². The van der Waals surface area contributed by atoms with Crippen molar-refractivity contribution >= 4 is 17.3 Å². The first-order valence-corrected chi connectivity index (χ1v) is 5.94. The predicted octanol–water partition coefficient (Wildman–Crippen LogP) is 3.88. The van der Waals surface area contributed by atoms with Gasteiger partial charge in [-0.2, -0.15) is 0 Å². The van der Waals surface area contributed by atoms with Crippen molar-refractivity contribution in [3.05, 3.63) is 36.1 Å². The number of allylic oxidation sites excluding steroid dienone is 3. The van der Waals surface area contributed by atoms with Crippen LogP contribution in [0.5, 0.6) is 0 Å². The van der Waals surface area contributed by atoms with E-state index in [4.69, 9.17) is 0 Å². The summed E-state index contributed by atoms with van der Waals surface area (Å²) in [4.78, 5) is 20.0. The standard InChI is InChI=1S/C15H22N2O/c1-7-13(10-16-11(3)4)9-14(8-2)15(18)17-12(5)6/h7-8,10H,1,9H2,2-6H3/b13-10+,14-8-. The maximum Gasteiger partial charge on any atom is 0.272 e. The van der Waals surface area contributed by atoms with Gasteiger partial charge in [0.1, 0.15) is 0 Å². The summed E-state index contributed by atoms with van der Waals surface area (Å²) in [5, 5.41) is 0. The van der Waals surface area contributed by atoms with E-state index in [0.29, 0.717) is 12.0 Å². The second-order valence-corrected chi connectivity index (χ2v) is 4.34. The third kappa shape index (κ3) is 6.74. The summed E-state index contributed by atoms with van der Waals surface area (Å²) < 4.78 is 0. The van der Waals surface area contributed by atoms with E-state index in [1.807, 2.05) is 20.8 Å². The molecule has 0 rings (SSSR count). The number of nitrogens with zero attached hydrogens (tertiary/aromatic N) is 2. The van der Waals surface area contributed by atoms with Crippen molar-refractivity contribution in [3.63, 3.8) is 0 Å². The molecule has 1 amide bonds. The Balaban J connectivity index is 4.98. The molecule has 0 aliphatic heterocycles. The number of aliphatic imine (C=N–C) groups is 2. The third-order valence-corrected chi connectivity index (χ3v) is 2.09. The molecule has 0 bridgehead atoms. The lowest BCUT2D eigenvalue weighted by atomic mass is 10.1. The molecular weight excluding hydrogens is 224 g/mol. The molecule has 0 atom stereocenters. The first-order chi connectivity index (χ1) is 8.40. The number of carbonyl (C=O) groups excluding carboxylic acids is 1. The average molecular weight is 246 g/mol. The van der Waals surface area contributed by atoms with Gasteiger partial charge in [-0.3, -0.25) is 9.79 Å². The third-order valence-electron chi connectivity index (χ3n) is 2.09. The van der Waals surface area contributed by atoms with Crippen molar-refractivity contribution in [1.29, 1.82) is 0 Å². The number of hydrogen-bond acceptors (Lipinski definition) is 2. The van der Waals surface area contributed by atoms with E-state index in [0.717, 1.165) is 17.0 Å². The van der Waals surface area contributed by atoms with Crippen molar-refractivity contribution in [2.75, 3.05) is 0 Å². The van der Waals surface area contributed by atoms with E-state index in [2.05, 4.69) is 16.6 Å². The fourth-order valence-electron chi connectivity index (χ4n) is 1.18. The van der Waals surface area contributed by atoms with Crippen LogP contribution in [0.25, 0.3) is 0 Å². The SMILES string of the molecule is C=C/C(=C\N=C(C)C)C/C(=C/C)C(=O)N=C(C)C. The normalized spacial score (nSPS) is 11.8. The van der Waals surface area contributed by atoms with Crippen LogP contribution in [0.3, 0.4) is 0 Å². The van der Waals surface area contributed by atoms with Crippen LogP contribution in [-0.2, 0) is 4.79 Å². The lowest BCUT2D eigenvalue weighted by Gasteiger charge is -2.03. The number of carbonyl (C=O) groups is 1. The summed E-state index contributed by atoms with van der Waals surface area (Å²) in [5.74, 6) is -0.192. The van der Waals surface area contributed by atoms with Crippen molar-refractivity contribution in [2.45, 2.75) is 41.0 Å². The lowest BCUT2D eigenvalue weighted by Crippen LogP contribution is -2.02. The molecule has 0 aromatic rings. The van der Waals surface area contributed by atoms with Crippen LogP contribution in [0, 0.1) is 0 Å². The van der Waals surface area contributed by atoms with Crippen molar-refractivity contribution in [2.24, 2.45) is 9.98 Å². The number of hydrogen-bond donors (Lipinski definition) is 0. The van der Waals surface area contributed by atoms with Crippen LogP contribution in [0.4, 0.5) is 0 Å². The van der Waals surface area contributed by atoms with E-state index in [-0.39, 0.29) is 5.91 Å². The van der Waals surface area contributed by atoms with Crippen molar-refractivity contribution in [1.82, 2.24) is 0 Å². The van der Waals surface area contributed by atoms with Crippen LogP contribution >= 0.6 is 0 Å². The molecule has 0 aliphatic carbocycles. The molecule has 98 valence electrons. The molecule has 0 aromatic heterocycles. The highest BCUT2D eigenvalue weighted by Crippen LogP contribution is 2.14. The lowest BCUT2D eigenvalue weighted by molar-refractivity contribution is -0.114. The van der Waals surface area contributed by atoms with Crippen LogP contribution in [-0.4, -0.2) is 17.3 Å². The monoisotopic (exact) mass is 246 g/mol. The molecule has 0 saturated carbocycles. The van der Waals surface area contributed by atoms with Gasteiger partial charge in [-0.25, -0.2) is 4.99 Å². The first-order valence-electron chi connectivity index (χ1n) is 5.94. The van der Waals surface area contributed by atoms with Gasteiger partial charge in [0.15, 0.2) is 0 Å². The summed E-state index contributed by atoms with van der Waals surface area (Å²) in [6.45, 7) is 13.0. The van der Waals surface area contributed by atoms with Gasteiger partial charge in [-0.15, -0.1) is 0 Å². The summed E-state index contributed by atoms with van der Waals surface area (Å²) >= 11 is 0. The highest BCUT2D eigenvalue weighted by Gasteiger charge is 2.08. The molecule has 0 aromatic carbocycles. The largest absolute Gasteiger partial charge is 0.272 e. The minimum Gasteiger partial charge on any atom is -0.267 e. The molecule has 0 aliphatic rings. The Kier molecular flexibility index (Phi) is 7.52. The number of rotatable bonds is 5. The maximum atomic E-state index is 11.8. The van der Waals surface area contributed by atoms with E-state index in [1.165, 1.54) is 0 Å². The smallest absolute Gasteiger partial charge is 0.267 e. The summed E-state index contributed by atoms with van der Waals surface area (Å²) in [5.41, 5.74) is 3.28. The molecule has 0 heterocycles. The molecule has 0 saturated heterocycles. The van der Waals surface area contributed by atoms with Gasteiger partial charge in [0.05, 0.1) is 0 Å². The molecule has 3 heteroatoms. The molecule has 0 spiro atoms. The van der Waals surface area contributed by atoms with Crippen LogP contribution in [0.2, 0.25) is 0 Å². The van der Waals surface area contributed by atoms with Gasteiger partial charge in [0, 0.05) is 29.6 Å². The maximum absolute atomic E-state index is 11.8. The second-order valence-electron chi connectivity index (χ2n) is 4.34. The fourth-order valence-corrected chi connectivity index (χ4v) is 1.18. The van der Waals surface area contributed by atoms with Crippen molar-refractivity contribution < 1.29 is 4.79 Å². The van der Waals surface area contributed by atoms with Gasteiger partial charge < -0.3 is 0 Å². The Morgan fingerprint density at radius 1 is 1.17 bits per heavy atom. The Labute approximate surface area is 110 Å². The molecule has 0 radical (unpaired) electrons. The summed E-state index contributed by atoms with van der Waals surface area (Å²) in [7, 11) is 0. The zero-order valence-electron chi connectivity index (χ0n) is 11.9. The average Bonchev–Trinajstić information content (AvgIpc) is 2.28. The zero-order valence-corrected chi connectivity index (χ0v) is 11.9. The molecule has 0 unspecified atom stereocenters.